The van der Waals surface area contributed by atoms with Crippen LogP contribution >= 0.6 is 0 Å². The molecule has 1 aromatic heterocycles. The van der Waals surface area contributed by atoms with Crippen molar-refractivity contribution in [3.63, 3.8) is 0 Å². The topological polar surface area (TPSA) is 93.4 Å². The molecule has 1 saturated carbocycles. The molecular weight excluding hydrogens is 462 g/mol. The fraction of sp³-hybridized carbons (Fsp3) is 0.233. The van der Waals surface area contributed by atoms with Crippen LogP contribution in [0.1, 0.15) is 18.4 Å². The first kappa shape index (κ1) is 23.2. The summed E-state index contributed by atoms with van der Waals surface area (Å²) in [6, 6.07) is 26.7. The van der Waals surface area contributed by atoms with Crippen LogP contribution in [0.15, 0.2) is 85.1 Å². The van der Waals surface area contributed by atoms with Crippen LogP contribution < -0.4 is 16.0 Å². The molecule has 1 saturated heterocycles. The van der Waals surface area contributed by atoms with Crippen LogP contribution in [-0.4, -0.2) is 42.2 Å². The van der Waals surface area contributed by atoms with Crippen molar-refractivity contribution in [3.05, 3.63) is 90.6 Å². The van der Waals surface area contributed by atoms with E-state index in [1.54, 1.807) is 6.20 Å². The fourth-order valence-corrected chi connectivity index (χ4v) is 4.90. The summed E-state index contributed by atoms with van der Waals surface area (Å²) < 4.78 is 5.44. The SMILES string of the molecule is NC(=O)C1(c2ccc(-c3ccc(-c4ccnc(Nc5ccc(N6CCOCC6)cc5)n4)cc3)cc2)CC1. The standard InChI is InChI=1S/C30H29N5O2/c31-28(36)30(14-15-30)24-7-5-22(6-8-24)21-1-3-23(4-2-21)27-13-16-32-29(34-27)33-25-9-11-26(12-10-25)35-17-19-37-20-18-35/h1-13,16H,14-15,17-20H2,(H2,31,36)(H,32,33,34). The molecule has 0 unspecified atom stereocenters. The average molecular weight is 492 g/mol. The molecule has 2 aliphatic rings. The number of nitrogens with two attached hydrogens (primary N) is 1. The predicted octanol–water partition coefficient (Wildman–Crippen LogP) is 4.91. The number of morpholine rings is 1. The number of hydrogen-bond acceptors (Lipinski definition) is 6. The van der Waals surface area contributed by atoms with Gasteiger partial charge in [0.25, 0.3) is 0 Å². The first-order valence-electron chi connectivity index (χ1n) is 12.6. The summed E-state index contributed by atoms with van der Waals surface area (Å²) in [4.78, 5) is 23.3. The zero-order chi connectivity index (χ0) is 25.2. The van der Waals surface area contributed by atoms with Crippen LogP contribution in [0.5, 0.6) is 0 Å². The van der Waals surface area contributed by atoms with Crippen molar-refractivity contribution >= 4 is 23.2 Å². The minimum Gasteiger partial charge on any atom is -0.378 e. The van der Waals surface area contributed by atoms with Gasteiger partial charge in [-0.2, -0.15) is 0 Å². The van der Waals surface area contributed by atoms with E-state index in [0.717, 1.165) is 72.8 Å². The molecule has 3 aromatic carbocycles. The van der Waals surface area contributed by atoms with Gasteiger partial charge in [0, 0.05) is 36.2 Å². The molecule has 1 aliphatic heterocycles. The van der Waals surface area contributed by atoms with Gasteiger partial charge in [-0.05, 0) is 59.9 Å². The highest BCUT2D eigenvalue weighted by atomic mass is 16.5. The summed E-state index contributed by atoms with van der Waals surface area (Å²) in [7, 11) is 0. The Hall–Kier alpha value is -4.23. The summed E-state index contributed by atoms with van der Waals surface area (Å²) in [5, 5.41) is 3.31. The third-order valence-electron chi connectivity index (χ3n) is 7.33. The third-order valence-corrected chi connectivity index (χ3v) is 7.33. The van der Waals surface area contributed by atoms with E-state index in [-0.39, 0.29) is 5.91 Å². The number of rotatable bonds is 7. The number of carbonyl (C=O) groups is 1. The summed E-state index contributed by atoms with van der Waals surface area (Å²) in [6.45, 7) is 3.37. The van der Waals surface area contributed by atoms with Crippen molar-refractivity contribution in [2.75, 3.05) is 36.5 Å². The maximum absolute atomic E-state index is 11.8. The second-order valence-corrected chi connectivity index (χ2v) is 9.64. The summed E-state index contributed by atoms with van der Waals surface area (Å²) in [5.74, 6) is 0.327. The highest BCUT2D eigenvalue weighted by molar-refractivity contribution is 5.90. The fourth-order valence-electron chi connectivity index (χ4n) is 4.90. The predicted molar refractivity (Wildman–Crippen MR) is 146 cm³/mol. The smallest absolute Gasteiger partial charge is 0.228 e. The molecule has 37 heavy (non-hydrogen) atoms. The molecule has 0 spiro atoms. The molecule has 3 N–H and O–H groups in total. The van der Waals surface area contributed by atoms with Gasteiger partial charge in [0.1, 0.15) is 0 Å². The Balaban J connectivity index is 1.14. The zero-order valence-corrected chi connectivity index (χ0v) is 20.6. The van der Waals surface area contributed by atoms with Crippen molar-refractivity contribution in [3.8, 4) is 22.4 Å². The molecule has 1 aliphatic carbocycles. The molecule has 2 heterocycles. The first-order valence-corrected chi connectivity index (χ1v) is 12.6. The molecular formula is C30H29N5O2. The number of aromatic nitrogens is 2. The number of benzene rings is 3. The number of nitrogens with one attached hydrogen (secondary N) is 1. The molecule has 7 nitrogen and oxygen atoms in total. The maximum atomic E-state index is 11.8. The van der Waals surface area contributed by atoms with E-state index >= 15 is 0 Å². The quantitative estimate of drug-likeness (QED) is 0.382. The van der Waals surface area contributed by atoms with E-state index in [4.69, 9.17) is 15.5 Å². The Morgan fingerprint density at radius 1 is 0.838 bits per heavy atom. The van der Waals surface area contributed by atoms with E-state index in [2.05, 4.69) is 75.9 Å². The van der Waals surface area contributed by atoms with Crippen LogP contribution in [0.3, 0.4) is 0 Å². The molecule has 7 heteroatoms. The van der Waals surface area contributed by atoms with Gasteiger partial charge in [0.05, 0.1) is 24.3 Å². The van der Waals surface area contributed by atoms with Crippen molar-refractivity contribution in [2.45, 2.75) is 18.3 Å². The highest BCUT2D eigenvalue weighted by Crippen LogP contribution is 2.48. The Labute approximate surface area is 216 Å². The van der Waals surface area contributed by atoms with E-state index in [1.165, 1.54) is 5.69 Å². The average Bonchev–Trinajstić information content (AvgIpc) is 3.77. The zero-order valence-electron chi connectivity index (χ0n) is 20.6. The molecule has 1 amide bonds. The number of primary amides is 1. The lowest BCUT2D eigenvalue weighted by Crippen LogP contribution is -2.36. The maximum Gasteiger partial charge on any atom is 0.228 e. The molecule has 2 fully saturated rings. The van der Waals surface area contributed by atoms with Crippen LogP contribution in [-0.2, 0) is 14.9 Å². The molecule has 186 valence electrons. The Bertz CT molecular complexity index is 1390. The van der Waals surface area contributed by atoms with Gasteiger partial charge in [0.15, 0.2) is 0 Å². The summed E-state index contributed by atoms with van der Waals surface area (Å²) in [6.07, 6.45) is 3.45. The lowest BCUT2D eigenvalue weighted by Gasteiger charge is -2.28. The van der Waals surface area contributed by atoms with E-state index < -0.39 is 5.41 Å². The van der Waals surface area contributed by atoms with Crippen molar-refractivity contribution in [1.29, 1.82) is 0 Å². The van der Waals surface area contributed by atoms with Crippen LogP contribution in [0.2, 0.25) is 0 Å². The van der Waals surface area contributed by atoms with Gasteiger partial charge < -0.3 is 20.7 Å². The highest BCUT2D eigenvalue weighted by Gasteiger charge is 2.49. The normalized spacial score (nSPS) is 16.3. The monoisotopic (exact) mass is 491 g/mol. The van der Waals surface area contributed by atoms with Gasteiger partial charge in [-0.25, -0.2) is 9.97 Å². The number of carbonyl (C=O) groups excluding carboxylic acids is 1. The number of amides is 1. The molecule has 6 rings (SSSR count). The minimum atomic E-state index is -0.452. The Morgan fingerprint density at radius 3 is 2.08 bits per heavy atom. The molecule has 0 atom stereocenters. The van der Waals surface area contributed by atoms with Gasteiger partial charge in [0.2, 0.25) is 11.9 Å². The minimum absolute atomic E-state index is 0.228. The van der Waals surface area contributed by atoms with E-state index in [1.807, 2.05) is 18.2 Å². The number of nitrogens with zero attached hydrogens (tertiary/aromatic N) is 3. The number of ether oxygens (including phenoxy) is 1. The van der Waals surface area contributed by atoms with Crippen LogP contribution in [0, 0.1) is 0 Å². The van der Waals surface area contributed by atoms with Gasteiger partial charge in [-0.15, -0.1) is 0 Å². The Morgan fingerprint density at radius 2 is 1.46 bits per heavy atom. The summed E-state index contributed by atoms with van der Waals surface area (Å²) in [5.41, 5.74) is 12.4. The lowest BCUT2D eigenvalue weighted by atomic mass is 9.93. The third kappa shape index (κ3) is 4.78. The molecule has 0 bridgehead atoms. The van der Waals surface area contributed by atoms with Crippen LogP contribution in [0.25, 0.3) is 22.4 Å². The Kier molecular flexibility index (Phi) is 6.06. The van der Waals surface area contributed by atoms with Crippen LogP contribution in [0.4, 0.5) is 17.3 Å². The first-order chi connectivity index (χ1) is 18.1. The van der Waals surface area contributed by atoms with Gasteiger partial charge in [-0.1, -0.05) is 48.5 Å². The number of hydrogen-bond donors (Lipinski definition) is 2. The van der Waals surface area contributed by atoms with Gasteiger partial charge in [-0.3, -0.25) is 4.79 Å². The van der Waals surface area contributed by atoms with Crippen molar-refractivity contribution in [2.24, 2.45) is 5.73 Å². The van der Waals surface area contributed by atoms with Crippen molar-refractivity contribution < 1.29 is 9.53 Å². The molecule has 0 radical (unpaired) electrons. The summed E-state index contributed by atoms with van der Waals surface area (Å²) >= 11 is 0. The van der Waals surface area contributed by atoms with Gasteiger partial charge >= 0.3 is 0 Å². The number of anilines is 3. The molecule has 4 aromatic rings. The largest absolute Gasteiger partial charge is 0.378 e. The van der Waals surface area contributed by atoms with Crippen molar-refractivity contribution in [1.82, 2.24) is 9.97 Å². The van der Waals surface area contributed by atoms with E-state index in [9.17, 15) is 4.79 Å². The second kappa shape index (κ2) is 9.67. The lowest BCUT2D eigenvalue weighted by molar-refractivity contribution is -0.120. The van der Waals surface area contributed by atoms with E-state index in [0.29, 0.717) is 5.95 Å². The second-order valence-electron chi connectivity index (χ2n) is 9.64.